The van der Waals surface area contributed by atoms with Gasteiger partial charge >= 0.3 is 0 Å². The van der Waals surface area contributed by atoms with Crippen LogP contribution in [-0.4, -0.2) is 29.3 Å². The third-order valence-electron chi connectivity index (χ3n) is 1.53. The Labute approximate surface area is 95.7 Å². The van der Waals surface area contributed by atoms with Gasteiger partial charge in [0.05, 0.1) is 0 Å². The van der Waals surface area contributed by atoms with E-state index in [2.05, 4.69) is 10.6 Å². The highest BCUT2D eigenvalue weighted by Crippen LogP contribution is 1.98. The van der Waals surface area contributed by atoms with Gasteiger partial charge in [0.15, 0.2) is 0 Å². The minimum absolute atomic E-state index is 0.0787. The molecule has 88 valence electrons. The number of hydrogen-bond acceptors (Lipinski definition) is 2. The number of halogens is 1. The minimum Gasteiger partial charge on any atom is -0.354 e. The van der Waals surface area contributed by atoms with Crippen molar-refractivity contribution in [1.82, 2.24) is 10.6 Å². The van der Waals surface area contributed by atoms with Crippen molar-refractivity contribution in [2.24, 2.45) is 0 Å². The molecular formula is C10H19ClN2O2. The number of alkyl halides is 1. The number of carbonyl (C=O) groups excluding carboxylic acids is 2. The third-order valence-corrected chi connectivity index (χ3v) is 1.73. The second-order valence-electron chi connectivity index (χ2n) is 4.46. The van der Waals surface area contributed by atoms with Gasteiger partial charge in [0.2, 0.25) is 11.8 Å². The Morgan fingerprint density at radius 2 is 1.87 bits per heavy atom. The summed E-state index contributed by atoms with van der Waals surface area (Å²) in [6.07, 6.45) is 0.270. The third kappa shape index (κ3) is 8.24. The Balaban J connectivity index is 3.70. The fourth-order valence-corrected chi connectivity index (χ4v) is 0.998. The molecule has 0 saturated heterocycles. The summed E-state index contributed by atoms with van der Waals surface area (Å²) < 4.78 is 0. The summed E-state index contributed by atoms with van der Waals surface area (Å²) in [7, 11) is 0. The van der Waals surface area contributed by atoms with E-state index in [1.54, 1.807) is 6.92 Å². The molecule has 4 nitrogen and oxygen atoms in total. The van der Waals surface area contributed by atoms with Gasteiger partial charge in [-0.15, -0.1) is 11.6 Å². The summed E-state index contributed by atoms with van der Waals surface area (Å²) in [5.41, 5.74) is -0.235. The first-order valence-corrected chi connectivity index (χ1v) is 5.39. The zero-order chi connectivity index (χ0) is 12.1. The molecule has 0 aliphatic heterocycles. The summed E-state index contributed by atoms with van der Waals surface area (Å²) in [4.78, 5) is 22.3. The Kier molecular flexibility index (Phi) is 5.65. The maximum absolute atomic E-state index is 11.3. The Morgan fingerprint density at radius 1 is 1.33 bits per heavy atom. The molecule has 0 fully saturated rings. The van der Waals surface area contributed by atoms with Gasteiger partial charge in [-0.3, -0.25) is 9.59 Å². The number of carbonyl (C=O) groups is 2. The van der Waals surface area contributed by atoms with Gasteiger partial charge in [0.1, 0.15) is 5.38 Å². The zero-order valence-corrected chi connectivity index (χ0v) is 10.4. The smallest absolute Gasteiger partial charge is 0.237 e. The van der Waals surface area contributed by atoms with Crippen molar-refractivity contribution >= 4 is 23.4 Å². The van der Waals surface area contributed by atoms with Crippen molar-refractivity contribution in [2.45, 2.75) is 45.0 Å². The molecule has 0 aromatic rings. The van der Waals surface area contributed by atoms with Crippen LogP contribution in [0, 0.1) is 0 Å². The maximum atomic E-state index is 11.3. The molecule has 0 bridgehead atoms. The van der Waals surface area contributed by atoms with Crippen LogP contribution in [0.15, 0.2) is 0 Å². The Hall–Kier alpha value is -0.770. The van der Waals surface area contributed by atoms with E-state index in [1.165, 1.54) is 0 Å². The summed E-state index contributed by atoms with van der Waals surface area (Å²) in [5.74, 6) is -0.328. The maximum Gasteiger partial charge on any atom is 0.237 e. The lowest BCUT2D eigenvalue weighted by Crippen LogP contribution is -2.42. The van der Waals surface area contributed by atoms with Crippen LogP contribution in [-0.2, 0) is 9.59 Å². The molecule has 0 radical (unpaired) electrons. The van der Waals surface area contributed by atoms with E-state index in [0.29, 0.717) is 6.54 Å². The molecule has 0 rings (SSSR count). The summed E-state index contributed by atoms with van der Waals surface area (Å²) in [6.45, 7) is 7.63. The first-order valence-electron chi connectivity index (χ1n) is 4.95. The molecule has 0 aliphatic carbocycles. The van der Waals surface area contributed by atoms with Crippen molar-refractivity contribution in [1.29, 1.82) is 0 Å². The standard InChI is InChI=1S/C10H19ClN2O2/c1-7(11)9(15)12-6-5-8(14)13-10(2,3)4/h7H,5-6H2,1-4H3,(H,12,15)(H,13,14). The van der Waals surface area contributed by atoms with Crippen molar-refractivity contribution in [2.75, 3.05) is 6.54 Å². The Morgan fingerprint density at radius 3 is 2.27 bits per heavy atom. The molecule has 2 N–H and O–H groups in total. The van der Waals surface area contributed by atoms with Crippen LogP contribution < -0.4 is 10.6 Å². The van der Waals surface area contributed by atoms with E-state index < -0.39 is 5.38 Å². The van der Waals surface area contributed by atoms with Crippen LogP contribution >= 0.6 is 11.6 Å². The fourth-order valence-electron chi connectivity index (χ4n) is 0.921. The molecule has 1 atom stereocenters. The molecule has 1 unspecified atom stereocenters. The Bertz CT molecular complexity index is 234. The van der Waals surface area contributed by atoms with Crippen molar-refractivity contribution in [3.05, 3.63) is 0 Å². The SMILES string of the molecule is CC(Cl)C(=O)NCCC(=O)NC(C)(C)C. The lowest BCUT2D eigenvalue weighted by Gasteiger charge is -2.20. The van der Waals surface area contributed by atoms with Crippen molar-refractivity contribution < 1.29 is 9.59 Å². The first kappa shape index (κ1) is 14.2. The predicted octanol–water partition coefficient (Wildman–Crippen LogP) is 1.03. The van der Waals surface area contributed by atoms with E-state index in [4.69, 9.17) is 11.6 Å². The average molecular weight is 235 g/mol. The van der Waals surface area contributed by atoms with Crippen LogP contribution in [0.3, 0.4) is 0 Å². The van der Waals surface area contributed by atoms with Gasteiger partial charge in [-0.2, -0.15) is 0 Å². The van der Waals surface area contributed by atoms with E-state index >= 15 is 0 Å². The molecule has 15 heavy (non-hydrogen) atoms. The van der Waals surface area contributed by atoms with Gasteiger partial charge in [0, 0.05) is 18.5 Å². The molecule has 0 aliphatic rings. The van der Waals surface area contributed by atoms with Gasteiger partial charge in [-0.25, -0.2) is 0 Å². The van der Waals surface area contributed by atoms with E-state index in [0.717, 1.165) is 0 Å². The average Bonchev–Trinajstić information content (AvgIpc) is 2.00. The van der Waals surface area contributed by atoms with Crippen molar-refractivity contribution in [3.63, 3.8) is 0 Å². The second-order valence-corrected chi connectivity index (χ2v) is 5.11. The topological polar surface area (TPSA) is 58.2 Å². The summed E-state index contributed by atoms with van der Waals surface area (Å²) in [6, 6.07) is 0. The van der Waals surface area contributed by atoms with Crippen LogP contribution in [0.1, 0.15) is 34.1 Å². The quantitative estimate of drug-likeness (QED) is 0.714. The monoisotopic (exact) mass is 234 g/mol. The molecule has 0 aromatic heterocycles. The highest BCUT2D eigenvalue weighted by Gasteiger charge is 2.14. The fraction of sp³-hybridized carbons (Fsp3) is 0.800. The highest BCUT2D eigenvalue weighted by atomic mass is 35.5. The lowest BCUT2D eigenvalue weighted by atomic mass is 10.1. The minimum atomic E-state index is -0.560. The van der Waals surface area contributed by atoms with Crippen LogP contribution in [0.25, 0.3) is 0 Å². The molecule has 2 amide bonds. The van der Waals surface area contributed by atoms with Gasteiger partial charge in [0.25, 0.3) is 0 Å². The summed E-state index contributed by atoms with van der Waals surface area (Å²) >= 11 is 5.54. The number of amides is 2. The van der Waals surface area contributed by atoms with Crippen LogP contribution in [0.5, 0.6) is 0 Å². The normalized spacial score (nSPS) is 13.1. The van der Waals surface area contributed by atoms with Crippen LogP contribution in [0.4, 0.5) is 0 Å². The first-order chi connectivity index (χ1) is 6.72. The highest BCUT2D eigenvalue weighted by molar-refractivity contribution is 6.30. The van der Waals surface area contributed by atoms with Gasteiger partial charge in [-0.1, -0.05) is 0 Å². The molecule has 0 aromatic carbocycles. The van der Waals surface area contributed by atoms with Gasteiger partial charge in [-0.05, 0) is 27.7 Å². The summed E-state index contributed by atoms with van der Waals surface area (Å²) in [5, 5.41) is 4.81. The van der Waals surface area contributed by atoms with E-state index in [1.807, 2.05) is 20.8 Å². The number of rotatable bonds is 4. The van der Waals surface area contributed by atoms with E-state index in [9.17, 15) is 9.59 Å². The number of hydrogen-bond donors (Lipinski definition) is 2. The molecule has 0 spiro atoms. The molecule has 0 saturated carbocycles. The zero-order valence-electron chi connectivity index (χ0n) is 9.69. The van der Waals surface area contributed by atoms with Crippen LogP contribution in [0.2, 0.25) is 0 Å². The van der Waals surface area contributed by atoms with E-state index in [-0.39, 0.29) is 23.8 Å². The number of nitrogens with one attached hydrogen (secondary N) is 2. The second kappa shape index (κ2) is 5.95. The lowest BCUT2D eigenvalue weighted by molar-refractivity contribution is -0.123. The molecule has 5 heteroatoms. The largest absolute Gasteiger partial charge is 0.354 e. The van der Waals surface area contributed by atoms with Gasteiger partial charge < -0.3 is 10.6 Å². The molecular weight excluding hydrogens is 216 g/mol. The molecule has 0 heterocycles. The van der Waals surface area contributed by atoms with Crippen molar-refractivity contribution in [3.8, 4) is 0 Å². The predicted molar refractivity (Wildman–Crippen MR) is 60.8 cm³/mol.